The lowest BCUT2D eigenvalue weighted by Crippen LogP contribution is -2.32. The van der Waals surface area contributed by atoms with Gasteiger partial charge in [0.1, 0.15) is 17.6 Å². The van der Waals surface area contributed by atoms with Gasteiger partial charge in [0.15, 0.2) is 5.11 Å². The second kappa shape index (κ2) is 6.08. The molecule has 0 aliphatic carbocycles. The average Bonchev–Trinajstić information content (AvgIpc) is 3.04. The molecule has 1 fully saturated rings. The quantitative estimate of drug-likeness (QED) is 0.873. The molecule has 2 atom stereocenters. The van der Waals surface area contributed by atoms with Gasteiger partial charge in [-0.2, -0.15) is 0 Å². The molecule has 3 rings (SSSR count). The highest BCUT2D eigenvalue weighted by Crippen LogP contribution is 2.39. The van der Waals surface area contributed by atoms with Crippen molar-refractivity contribution in [3.05, 3.63) is 53.7 Å². The van der Waals surface area contributed by atoms with Crippen molar-refractivity contribution >= 4 is 17.3 Å². The van der Waals surface area contributed by atoms with Crippen molar-refractivity contribution in [2.45, 2.75) is 32.9 Å². The van der Waals surface area contributed by atoms with E-state index in [1.165, 1.54) is 0 Å². The molecule has 1 saturated heterocycles. The Bertz CT molecular complexity index is 653. The van der Waals surface area contributed by atoms with Crippen LogP contribution in [-0.4, -0.2) is 21.5 Å². The Morgan fingerprint density at radius 3 is 2.73 bits per heavy atom. The molecule has 0 bridgehead atoms. The predicted molar refractivity (Wildman–Crippen MR) is 90.4 cm³/mol. The lowest BCUT2D eigenvalue weighted by molar-refractivity contribution is 0.249. The topological polar surface area (TPSA) is 41.3 Å². The van der Waals surface area contributed by atoms with Crippen LogP contribution in [0.1, 0.15) is 43.1 Å². The molecule has 0 aromatic carbocycles. The lowest BCUT2D eigenvalue weighted by Gasteiger charge is -2.27. The summed E-state index contributed by atoms with van der Waals surface area (Å²) in [6.45, 7) is 7.24. The van der Waals surface area contributed by atoms with Crippen molar-refractivity contribution in [3.63, 3.8) is 0 Å². The Balaban J connectivity index is 2.00. The first-order valence-electron chi connectivity index (χ1n) is 7.60. The highest BCUT2D eigenvalue weighted by molar-refractivity contribution is 7.80. The first-order chi connectivity index (χ1) is 10.6. The number of thiocarbonyl (C=S) groups is 1. The third-order valence-corrected chi connectivity index (χ3v) is 4.16. The van der Waals surface area contributed by atoms with Gasteiger partial charge in [-0.3, -0.25) is 4.98 Å². The van der Waals surface area contributed by atoms with Crippen molar-refractivity contribution < 1.29 is 4.42 Å². The zero-order chi connectivity index (χ0) is 15.7. The Labute approximate surface area is 136 Å². The van der Waals surface area contributed by atoms with E-state index in [2.05, 4.69) is 29.0 Å². The van der Waals surface area contributed by atoms with E-state index in [9.17, 15) is 0 Å². The van der Waals surface area contributed by atoms with Gasteiger partial charge in [0.2, 0.25) is 0 Å². The van der Waals surface area contributed by atoms with Crippen molar-refractivity contribution in [1.82, 2.24) is 15.2 Å². The summed E-state index contributed by atoms with van der Waals surface area (Å²) < 4.78 is 5.91. The van der Waals surface area contributed by atoms with Crippen LogP contribution >= 0.6 is 12.2 Å². The fourth-order valence-corrected chi connectivity index (χ4v) is 3.23. The Morgan fingerprint density at radius 2 is 2.14 bits per heavy atom. The number of nitrogens with one attached hydrogen (secondary N) is 1. The standard InChI is InChI=1S/C17H21N3OS/c1-11(2)10-20-16(14-8-7-12(3)21-14)15(19-17(20)22)13-6-4-5-9-18-13/h4-9,11,15-16H,10H2,1-3H3,(H,19,22)/t15-,16+/m0/s1. The van der Waals surface area contributed by atoms with Crippen LogP contribution in [-0.2, 0) is 0 Å². The third kappa shape index (κ3) is 2.86. The Morgan fingerprint density at radius 1 is 1.32 bits per heavy atom. The second-order valence-corrected chi connectivity index (χ2v) is 6.51. The third-order valence-electron chi connectivity index (χ3n) is 3.81. The molecule has 1 aliphatic heterocycles. The lowest BCUT2D eigenvalue weighted by atomic mass is 10.0. The Hall–Kier alpha value is -1.88. The molecule has 2 aromatic rings. The van der Waals surface area contributed by atoms with Gasteiger partial charge in [0, 0.05) is 12.7 Å². The van der Waals surface area contributed by atoms with Crippen LogP contribution in [0.5, 0.6) is 0 Å². The highest BCUT2D eigenvalue weighted by Gasteiger charge is 2.41. The minimum atomic E-state index is 0.0120. The molecule has 116 valence electrons. The van der Waals surface area contributed by atoms with E-state index in [0.29, 0.717) is 5.92 Å². The summed E-state index contributed by atoms with van der Waals surface area (Å²) in [4.78, 5) is 6.72. The first-order valence-corrected chi connectivity index (χ1v) is 8.01. The van der Waals surface area contributed by atoms with Gasteiger partial charge in [-0.15, -0.1) is 0 Å². The molecule has 22 heavy (non-hydrogen) atoms. The normalized spacial score (nSPS) is 21.5. The monoisotopic (exact) mass is 315 g/mol. The van der Waals surface area contributed by atoms with Crippen LogP contribution in [0.4, 0.5) is 0 Å². The molecular formula is C17H21N3OS. The summed E-state index contributed by atoms with van der Waals surface area (Å²) in [5.74, 6) is 2.36. The van der Waals surface area contributed by atoms with Crippen LogP contribution in [0, 0.1) is 12.8 Å². The van der Waals surface area contributed by atoms with E-state index < -0.39 is 0 Å². The SMILES string of the molecule is Cc1ccc([C@@H]2[C@H](c3ccccn3)NC(=S)N2CC(C)C)o1. The predicted octanol–water partition coefficient (Wildman–Crippen LogP) is 3.61. The average molecular weight is 315 g/mol. The molecule has 3 heterocycles. The highest BCUT2D eigenvalue weighted by atomic mass is 32.1. The summed E-state index contributed by atoms with van der Waals surface area (Å²) in [7, 11) is 0. The minimum absolute atomic E-state index is 0.0120. The second-order valence-electron chi connectivity index (χ2n) is 6.12. The first kappa shape index (κ1) is 15.0. The largest absolute Gasteiger partial charge is 0.464 e. The minimum Gasteiger partial charge on any atom is -0.464 e. The van der Waals surface area contributed by atoms with Gasteiger partial charge in [-0.1, -0.05) is 19.9 Å². The molecular weight excluding hydrogens is 294 g/mol. The molecule has 0 radical (unpaired) electrons. The van der Waals surface area contributed by atoms with Crippen molar-refractivity contribution in [3.8, 4) is 0 Å². The number of nitrogens with zero attached hydrogens (tertiary/aromatic N) is 2. The van der Waals surface area contributed by atoms with Gasteiger partial charge in [0.05, 0.1) is 11.7 Å². The number of hydrogen-bond acceptors (Lipinski definition) is 3. The van der Waals surface area contributed by atoms with E-state index in [1.807, 2.05) is 43.5 Å². The van der Waals surface area contributed by atoms with E-state index in [-0.39, 0.29) is 12.1 Å². The van der Waals surface area contributed by atoms with Crippen LogP contribution < -0.4 is 5.32 Å². The van der Waals surface area contributed by atoms with Crippen molar-refractivity contribution in [2.75, 3.05) is 6.54 Å². The van der Waals surface area contributed by atoms with E-state index >= 15 is 0 Å². The summed E-state index contributed by atoms with van der Waals surface area (Å²) in [6, 6.07) is 10.1. The van der Waals surface area contributed by atoms with Gasteiger partial charge >= 0.3 is 0 Å². The van der Waals surface area contributed by atoms with E-state index in [4.69, 9.17) is 16.6 Å². The molecule has 5 heteroatoms. The number of aromatic nitrogens is 1. The van der Waals surface area contributed by atoms with Crippen LogP contribution in [0.15, 0.2) is 40.9 Å². The maximum absolute atomic E-state index is 5.91. The zero-order valence-electron chi connectivity index (χ0n) is 13.1. The number of rotatable bonds is 4. The van der Waals surface area contributed by atoms with Crippen LogP contribution in [0.3, 0.4) is 0 Å². The van der Waals surface area contributed by atoms with Crippen molar-refractivity contribution in [2.24, 2.45) is 5.92 Å². The molecule has 0 saturated carbocycles. The van der Waals surface area contributed by atoms with Crippen LogP contribution in [0.2, 0.25) is 0 Å². The fourth-order valence-electron chi connectivity index (χ4n) is 2.92. The number of aryl methyl sites for hydroxylation is 1. The summed E-state index contributed by atoms with van der Waals surface area (Å²) in [5.41, 5.74) is 0.982. The van der Waals surface area contributed by atoms with E-state index in [1.54, 1.807) is 0 Å². The molecule has 1 N–H and O–H groups in total. The smallest absolute Gasteiger partial charge is 0.170 e. The summed E-state index contributed by atoms with van der Waals surface area (Å²) in [5, 5.41) is 4.19. The molecule has 0 spiro atoms. The molecule has 1 aliphatic rings. The summed E-state index contributed by atoms with van der Waals surface area (Å²) in [6.07, 6.45) is 1.82. The number of pyridine rings is 1. The number of furan rings is 1. The molecule has 0 unspecified atom stereocenters. The summed E-state index contributed by atoms with van der Waals surface area (Å²) >= 11 is 5.57. The molecule has 0 amide bonds. The molecule has 4 nitrogen and oxygen atoms in total. The van der Waals surface area contributed by atoms with Crippen LogP contribution in [0.25, 0.3) is 0 Å². The fraction of sp³-hybridized carbons (Fsp3) is 0.412. The zero-order valence-corrected chi connectivity index (χ0v) is 13.9. The van der Waals surface area contributed by atoms with Gasteiger partial charge in [-0.25, -0.2) is 0 Å². The van der Waals surface area contributed by atoms with Gasteiger partial charge in [0.25, 0.3) is 0 Å². The van der Waals surface area contributed by atoms with E-state index in [0.717, 1.165) is 28.9 Å². The Kier molecular flexibility index (Phi) is 4.16. The maximum Gasteiger partial charge on any atom is 0.170 e. The number of hydrogen-bond donors (Lipinski definition) is 1. The van der Waals surface area contributed by atoms with Gasteiger partial charge < -0.3 is 14.6 Å². The molecule has 2 aromatic heterocycles. The van der Waals surface area contributed by atoms with Crippen molar-refractivity contribution in [1.29, 1.82) is 0 Å². The maximum atomic E-state index is 5.91. The van der Waals surface area contributed by atoms with Gasteiger partial charge in [-0.05, 0) is 49.3 Å².